The summed E-state index contributed by atoms with van der Waals surface area (Å²) in [5.41, 5.74) is 0.854. The van der Waals surface area contributed by atoms with Crippen molar-refractivity contribution < 1.29 is 13.7 Å². The monoisotopic (exact) mass is 405 g/mol. The molecular formula is C21H24ClNO3S. The first kappa shape index (κ1) is 20.1. The fourth-order valence-electron chi connectivity index (χ4n) is 2.80. The van der Waals surface area contributed by atoms with Crippen LogP contribution in [0.4, 0.5) is 0 Å². The molecule has 0 bridgehead atoms. The number of rotatable bonds is 8. The lowest BCUT2D eigenvalue weighted by Gasteiger charge is -2.26. The maximum Gasteiger partial charge on any atom is 0.119 e. The molecule has 0 amide bonds. The molecule has 1 fully saturated rings. The van der Waals surface area contributed by atoms with Crippen LogP contribution < -0.4 is 4.74 Å². The van der Waals surface area contributed by atoms with Gasteiger partial charge in [0.15, 0.2) is 0 Å². The van der Waals surface area contributed by atoms with E-state index >= 15 is 0 Å². The van der Waals surface area contributed by atoms with Crippen molar-refractivity contribution in [2.45, 2.75) is 11.3 Å². The lowest BCUT2D eigenvalue weighted by atomic mass is 10.2. The van der Waals surface area contributed by atoms with Gasteiger partial charge in [-0.05, 0) is 48.4 Å². The summed E-state index contributed by atoms with van der Waals surface area (Å²) in [7, 11) is -1.22. The van der Waals surface area contributed by atoms with E-state index in [1.54, 1.807) is 11.5 Å². The quantitative estimate of drug-likeness (QED) is 0.616. The number of nitrogens with zero attached hydrogens (tertiary/aromatic N) is 1. The summed E-state index contributed by atoms with van der Waals surface area (Å²) >= 11 is 6.11. The maximum atomic E-state index is 12.4. The van der Waals surface area contributed by atoms with Gasteiger partial charge >= 0.3 is 0 Å². The van der Waals surface area contributed by atoms with Crippen LogP contribution in [0.2, 0.25) is 5.02 Å². The number of hydrogen-bond donors (Lipinski definition) is 0. The smallest absolute Gasteiger partial charge is 0.119 e. The van der Waals surface area contributed by atoms with Crippen LogP contribution in [0.25, 0.3) is 6.08 Å². The molecule has 6 heteroatoms. The van der Waals surface area contributed by atoms with Gasteiger partial charge in [-0.25, -0.2) is 4.21 Å². The fraction of sp³-hybridized carbons (Fsp3) is 0.333. The van der Waals surface area contributed by atoms with Gasteiger partial charge in [0.25, 0.3) is 0 Å². The lowest BCUT2D eigenvalue weighted by molar-refractivity contribution is 0.0358. The van der Waals surface area contributed by atoms with Gasteiger partial charge in [0.2, 0.25) is 0 Å². The van der Waals surface area contributed by atoms with Crippen LogP contribution >= 0.6 is 11.6 Å². The van der Waals surface area contributed by atoms with Crippen molar-refractivity contribution in [3.63, 3.8) is 0 Å². The first-order chi connectivity index (χ1) is 13.2. The first-order valence-electron chi connectivity index (χ1n) is 9.09. The Morgan fingerprint density at radius 2 is 1.85 bits per heavy atom. The minimum Gasteiger partial charge on any atom is -0.494 e. The number of benzene rings is 2. The third kappa shape index (κ3) is 6.47. The van der Waals surface area contributed by atoms with Crippen molar-refractivity contribution >= 4 is 28.5 Å². The van der Waals surface area contributed by atoms with Gasteiger partial charge in [0.05, 0.1) is 30.6 Å². The Bertz CT molecular complexity index is 773. The molecule has 1 heterocycles. The zero-order valence-corrected chi connectivity index (χ0v) is 16.8. The van der Waals surface area contributed by atoms with E-state index in [0.717, 1.165) is 55.5 Å². The molecule has 1 aliphatic rings. The van der Waals surface area contributed by atoms with Crippen LogP contribution in [0.15, 0.2) is 58.8 Å². The Morgan fingerprint density at radius 3 is 2.59 bits per heavy atom. The second-order valence-corrected chi connectivity index (χ2v) is 7.99. The number of morpholine rings is 1. The molecule has 0 aliphatic carbocycles. The highest BCUT2D eigenvalue weighted by Crippen LogP contribution is 2.19. The van der Waals surface area contributed by atoms with Crippen LogP contribution in [0, 0.1) is 0 Å². The molecule has 27 heavy (non-hydrogen) atoms. The molecule has 0 saturated carbocycles. The summed E-state index contributed by atoms with van der Waals surface area (Å²) in [6.07, 6.45) is 2.77. The molecule has 0 spiro atoms. The second kappa shape index (κ2) is 10.6. The Balaban J connectivity index is 1.45. The van der Waals surface area contributed by atoms with Gasteiger partial charge < -0.3 is 9.47 Å². The average Bonchev–Trinajstić information content (AvgIpc) is 2.72. The van der Waals surface area contributed by atoms with Crippen molar-refractivity contribution in [2.24, 2.45) is 0 Å². The average molecular weight is 406 g/mol. The predicted molar refractivity (Wildman–Crippen MR) is 111 cm³/mol. The highest BCUT2D eigenvalue weighted by atomic mass is 35.5. The highest BCUT2D eigenvalue weighted by molar-refractivity contribution is 7.88. The van der Waals surface area contributed by atoms with E-state index < -0.39 is 10.8 Å². The van der Waals surface area contributed by atoms with E-state index in [-0.39, 0.29) is 0 Å². The van der Waals surface area contributed by atoms with Crippen molar-refractivity contribution in [2.75, 3.05) is 39.5 Å². The number of ether oxygens (including phenoxy) is 2. The minimum atomic E-state index is -1.22. The van der Waals surface area contributed by atoms with E-state index in [2.05, 4.69) is 4.90 Å². The second-order valence-electron chi connectivity index (χ2n) is 6.25. The topological polar surface area (TPSA) is 38.8 Å². The third-order valence-corrected chi connectivity index (χ3v) is 5.79. The fourth-order valence-corrected chi connectivity index (χ4v) is 3.83. The van der Waals surface area contributed by atoms with Gasteiger partial charge in [0.1, 0.15) is 5.75 Å². The van der Waals surface area contributed by atoms with E-state index in [4.69, 9.17) is 21.1 Å². The van der Waals surface area contributed by atoms with Crippen LogP contribution in [-0.2, 0) is 15.5 Å². The standard InChI is InChI=1S/C21H24ClNO3S/c22-21-5-2-1-4-18(21)10-17-27(24)20-8-6-19(7-9-20)26-14-3-11-23-12-15-25-16-13-23/h1-2,4-10,17H,3,11-16H2/b17-10+. The number of hydrogen-bond acceptors (Lipinski definition) is 4. The zero-order chi connectivity index (χ0) is 18.9. The van der Waals surface area contributed by atoms with Crippen LogP contribution in [-0.4, -0.2) is 48.6 Å². The molecule has 4 nitrogen and oxygen atoms in total. The summed E-state index contributed by atoms with van der Waals surface area (Å²) < 4.78 is 23.5. The van der Waals surface area contributed by atoms with Crippen LogP contribution in [0.1, 0.15) is 12.0 Å². The molecule has 1 aliphatic heterocycles. The van der Waals surface area contributed by atoms with E-state index in [1.165, 1.54) is 0 Å². The molecule has 0 radical (unpaired) electrons. The first-order valence-corrected chi connectivity index (χ1v) is 10.7. The molecule has 1 atom stereocenters. The molecule has 144 valence electrons. The molecule has 3 rings (SSSR count). The molecule has 1 unspecified atom stereocenters. The Morgan fingerprint density at radius 1 is 1.11 bits per heavy atom. The van der Waals surface area contributed by atoms with Gasteiger partial charge in [-0.1, -0.05) is 29.8 Å². The van der Waals surface area contributed by atoms with E-state index in [0.29, 0.717) is 11.6 Å². The zero-order valence-electron chi connectivity index (χ0n) is 15.2. The molecule has 2 aromatic carbocycles. The summed E-state index contributed by atoms with van der Waals surface area (Å²) in [6, 6.07) is 14.9. The minimum absolute atomic E-state index is 0.645. The molecule has 2 aromatic rings. The van der Waals surface area contributed by atoms with Crippen molar-refractivity contribution in [3.8, 4) is 5.75 Å². The molecule has 1 saturated heterocycles. The lowest BCUT2D eigenvalue weighted by Crippen LogP contribution is -2.37. The summed E-state index contributed by atoms with van der Waals surface area (Å²) in [5, 5.41) is 2.30. The highest BCUT2D eigenvalue weighted by Gasteiger charge is 2.09. The Hall–Kier alpha value is -1.66. The molecule has 0 aromatic heterocycles. The van der Waals surface area contributed by atoms with Crippen LogP contribution in [0.5, 0.6) is 5.75 Å². The van der Waals surface area contributed by atoms with Crippen molar-refractivity contribution in [3.05, 3.63) is 64.5 Å². The molecular weight excluding hydrogens is 382 g/mol. The van der Waals surface area contributed by atoms with Gasteiger partial charge in [-0.2, -0.15) is 0 Å². The maximum absolute atomic E-state index is 12.4. The Kier molecular flexibility index (Phi) is 7.90. The summed E-state index contributed by atoms with van der Waals surface area (Å²) in [6.45, 7) is 5.35. The number of halogens is 1. The summed E-state index contributed by atoms with van der Waals surface area (Å²) in [5.74, 6) is 0.799. The van der Waals surface area contributed by atoms with Crippen LogP contribution in [0.3, 0.4) is 0 Å². The van der Waals surface area contributed by atoms with Crippen molar-refractivity contribution in [1.29, 1.82) is 0 Å². The third-order valence-electron chi connectivity index (χ3n) is 4.32. The largest absolute Gasteiger partial charge is 0.494 e. The van der Waals surface area contributed by atoms with Gasteiger partial charge in [0, 0.05) is 35.0 Å². The molecule has 0 N–H and O–H groups in total. The summed E-state index contributed by atoms with van der Waals surface area (Å²) in [4.78, 5) is 3.13. The predicted octanol–water partition coefficient (Wildman–Crippen LogP) is 4.22. The van der Waals surface area contributed by atoms with Crippen molar-refractivity contribution in [1.82, 2.24) is 4.90 Å². The normalized spacial score (nSPS) is 16.5. The van der Waals surface area contributed by atoms with Gasteiger partial charge in [-0.15, -0.1) is 0 Å². The van der Waals surface area contributed by atoms with E-state index in [1.807, 2.05) is 48.5 Å². The SMILES string of the molecule is O=S(/C=C/c1ccccc1Cl)c1ccc(OCCCN2CCOCC2)cc1. The van der Waals surface area contributed by atoms with Gasteiger partial charge in [-0.3, -0.25) is 4.90 Å². The Labute approximate surface area is 168 Å². The van der Waals surface area contributed by atoms with E-state index in [9.17, 15) is 4.21 Å².